The Hall–Kier alpha value is -2.42. The van der Waals surface area contributed by atoms with Crippen molar-refractivity contribution in [1.29, 1.82) is 5.26 Å². The highest BCUT2D eigenvalue weighted by Crippen LogP contribution is 2.20. The van der Waals surface area contributed by atoms with Crippen molar-refractivity contribution in [1.82, 2.24) is 9.55 Å². The summed E-state index contributed by atoms with van der Waals surface area (Å²) in [5.74, 6) is -2.10. The first kappa shape index (κ1) is 14.0. The van der Waals surface area contributed by atoms with Gasteiger partial charge in [0, 0.05) is 25.5 Å². The Morgan fingerprint density at radius 2 is 2.10 bits per heavy atom. The number of rotatable bonds is 6. The summed E-state index contributed by atoms with van der Waals surface area (Å²) in [6.45, 7) is 1.38. The number of hydrogen-bond acceptors (Lipinski definition) is 3. The van der Waals surface area contributed by atoms with Crippen molar-refractivity contribution in [2.75, 3.05) is 11.9 Å². The molecule has 4 nitrogen and oxygen atoms in total. The van der Waals surface area contributed by atoms with Gasteiger partial charge in [0.15, 0.2) is 11.6 Å². The molecule has 0 atom stereocenters. The zero-order valence-corrected chi connectivity index (χ0v) is 10.8. The molecule has 0 saturated carbocycles. The summed E-state index contributed by atoms with van der Waals surface area (Å²) >= 11 is 0. The molecule has 0 bridgehead atoms. The minimum absolute atomic E-state index is 0.0872. The zero-order chi connectivity index (χ0) is 14.4. The summed E-state index contributed by atoms with van der Waals surface area (Å²) in [4.78, 5) is 3.94. The molecule has 2 rings (SSSR count). The smallest absolute Gasteiger partial charge is 0.183 e. The fourth-order valence-corrected chi connectivity index (χ4v) is 1.83. The summed E-state index contributed by atoms with van der Waals surface area (Å²) in [5.41, 5.74) is -0.197. The van der Waals surface area contributed by atoms with Crippen LogP contribution in [0.25, 0.3) is 0 Å². The van der Waals surface area contributed by atoms with E-state index in [0.717, 1.165) is 19.4 Å². The van der Waals surface area contributed by atoms with Gasteiger partial charge in [0.1, 0.15) is 6.07 Å². The van der Waals surface area contributed by atoms with Crippen molar-refractivity contribution >= 4 is 5.69 Å². The predicted octanol–water partition coefficient (Wildman–Crippen LogP) is 2.93. The summed E-state index contributed by atoms with van der Waals surface area (Å²) in [6.07, 6.45) is 7.06. The maximum atomic E-state index is 13.6. The lowest BCUT2D eigenvalue weighted by Gasteiger charge is -2.08. The standard InChI is InChI=1S/C14H14F2N4/c15-13-11(9-17)3-4-12(14(13)16)19-5-1-2-7-20-8-6-18-10-20/h3-4,6,8,10,19H,1-2,5,7H2. The number of hydrogen-bond donors (Lipinski definition) is 1. The van der Waals surface area contributed by atoms with Crippen molar-refractivity contribution < 1.29 is 8.78 Å². The van der Waals surface area contributed by atoms with Gasteiger partial charge in [-0.2, -0.15) is 5.26 Å². The molecule has 6 heteroatoms. The molecule has 2 aromatic rings. The van der Waals surface area contributed by atoms with Crippen LogP contribution < -0.4 is 5.32 Å². The third-order valence-corrected chi connectivity index (χ3v) is 2.92. The number of halogens is 2. The van der Waals surface area contributed by atoms with Crippen LogP contribution in [0.4, 0.5) is 14.5 Å². The molecular weight excluding hydrogens is 262 g/mol. The van der Waals surface area contributed by atoms with Crippen molar-refractivity contribution in [2.45, 2.75) is 19.4 Å². The average molecular weight is 276 g/mol. The number of aryl methyl sites for hydroxylation is 1. The van der Waals surface area contributed by atoms with Crippen LogP contribution in [-0.4, -0.2) is 16.1 Å². The molecule has 0 saturated heterocycles. The van der Waals surface area contributed by atoms with Crippen molar-refractivity contribution in [3.8, 4) is 6.07 Å². The molecule has 0 aliphatic carbocycles. The van der Waals surface area contributed by atoms with Gasteiger partial charge < -0.3 is 9.88 Å². The SMILES string of the molecule is N#Cc1ccc(NCCCCn2ccnc2)c(F)c1F. The van der Waals surface area contributed by atoms with Crippen LogP contribution >= 0.6 is 0 Å². The largest absolute Gasteiger partial charge is 0.383 e. The first-order chi connectivity index (χ1) is 9.72. The first-order valence-corrected chi connectivity index (χ1v) is 6.30. The van der Waals surface area contributed by atoms with Gasteiger partial charge in [-0.3, -0.25) is 0 Å². The number of unbranched alkanes of at least 4 members (excludes halogenated alkanes) is 1. The topological polar surface area (TPSA) is 53.6 Å². The lowest BCUT2D eigenvalue weighted by atomic mass is 10.2. The minimum Gasteiger partial charge on any atom is -0.383 e. The molecule has 1 heterocycles. The van der Waals surface area contributed by atoms with Crippen molar-refractivity contribution in [3.63, 3.8) is 0 Å². The molecule has 0 amide bonds. The molecule has 0 unspecified atom stereocenters. The lowest BCUT2D eigenvalue weighted by Crippen LogP contribution is -2.06. The summed E-state index contributed by atoms with van der Waals surface area (Å²) in [5, 5.41) is 11.4. The number of benzene rings is 1. The number of aromatic nitrogens is 2. The third kappa shape index (κ3) is 3.32. The molecule has 1 N–H and O–H groups in total. The number of nitrogens with zero attached hydrogens (tertiary/aromatic N) is 3. The van der Waals surface area contributed by atoms with E-state index in [1.54, 1.807) is 18.6 Å². The Morgan fingerprint density at radius 3 is 2.80 bits per heavy atom. The second-order valence-corrected chi connectivity index (χ2v) is 4.33. The van der Waals surface area contributed by atoms with Gasteiger partial charge in [0.05, 0.1) is 17.6 Å². The van der Waals surface area contributed by atoms with E-state index in [4.69, 9.17) is 5.26 Å². The van der Waals surface area contributed by atoms with Gasteiger partial charge in [-0.25, -0.2) is 13.8 Å². The van der Waals surface area contributed by atoms with Crippen LogP contribution in [-0.2, 0) is 6.54 Å². The number of imidazole rings is 1. The normalized spacial score (nSPS) is 10.2. The predicted molar refractivity (Wildman–Crippen MR) is 71.0 cm³/mol. The molecule has 104 valence electrons. The highest BCUT2D eigenvalue weighted by atomic mass is 19.2. The van der Waals surface area contributed by atoms with Gasteiger partial charge in [-0.15, -0.1) is 0 Å². The zero-order valence-electron chi connectivity index (χ0n) is 10.8. The van der Waals surface area contributed by atoms with Crippen LogP contribution in [0.1, 0.15) is 18.4 Å². The van der Waals surface area contributed by atoms with Crippen LogP contribution in [0.5, 0.6) is 0 Å². The molecular formula is C14H14F2N4. The van der Waals surface area contributed by atoms with Crippen LogP contribution in [0.15, 0.2) is 30.9 Å². The van der Waals surface area contributed by atoms with E-state index in [1.165, 1.54) is 12.1 Å². The summed E-state index contributed by atoms with van der Waals surface area (Å²) in [7, 11) is 0. The maximum absolute atomic E-state index is 13.6. The Morgan fingerprint density at radius 1 is 1.25 bits per heavy atom. The van der Waals surface area contributed by atoms with E-state index >= 15 is 0 Å². The molecule has 0 spiro atoms. The quantitative estimate of drug-likeness (QED) is 0.825. The number of anilines is 1. The van der Waals surface area contributed by atoms with E-state index in [9.17, 15) is 8.78 Å². The van der Waals surface area contributed by atoms with Crippen LogP contribution in [0.3, 0.4) is 0 Å². The Bertz CT molecular complexity index is 602. The lowest BCUT2D eigenvalue weighted by molar-refractivity contribution is 0.508. The van der Waals surface area contributed by atoms with E-state index in [2.05, 4.69) is 10.3 Å². The molecule has 0 aliphatic rings. The minimum atomic E-state index is -1.10. The number of nitrogens with one attached hydrogen (secondary N) is 1. The molecule has 0 fully saturated rings. The van der Waals surface area contributed by atoms with E-state index in [0.29, 0.717) is 6.54 Å². The van der Waals surface area contributed by atoms with Gasteiger partial charge >= 0.3 is 0 Å². The van der Waals surface area contributed by atoms with Gasteiger partial charge in [0.2, 0.25) is 0 Å². The Kier molecular flexibility index (Phi) is 4.66. The maximum Gasteiger partial charge on any atom is 0.183 e. The second-order valence-electron chi connectivity index (χ2n) is 4.33. The summed E-state index contributed by atoms with van der Waals surface area (Å²) < 4.78 is 28.9. The summed E-state index contributed by atoms with van der Waals surface area (Å²) in [6, 6.07) is 4.26. The second kappa shape index (κ2) is 6.66. The van der Waals surface area contributed by atoms with Crippen molar-refractivity contribution in [2.24, 2.45) is 0 Å². The number of nitriles is 1. The Labute approximate surface area is 115 Å². The van der Waals surface area contributed by atoms with Crippen LogP contribution in [0, 0.1) is 23.0 Å². The van der Waals surface area contributed by atoms with Crippen molar-refractivity contribution in [3.05, 3.63) is 48.1 Å². The van der Waals surface area contributed by atoms with E-state index in [-0.39, 0.29) is 11.3 Å². The average Bonchev–Trinajstić information content (AvgIpc) is 2.96. The fraction of sp³-hybridized carbons (Fsp3) is 0.286. The van der Waals surface area contributed by atoms with Gasteiger partial charge in [-0.05, 0) is 25.0 Å². The first-order valence-electron chi connectivity index (χ1n) is 6.30. The highest BCUT2D eigenvalue weighted by Gasteiger charge is 2.12. The molecule has 0 radical (unpaired) electrons. The molecule has 20 heavy (non-hydrogen) atoms. The molecule has 1 aromatic carbocycles. The Balaban J connectivity index is 1.80. The fourth-order valence-electron chi connectivity index (χ4n) is 1.83. The third-order valence-electron chi connectivity index (χ3n) is 2.92. The van der Waals surface area contributed by atoms with E-state index < -0.39 is 11.6 Å². The van der Waals surface area contributed by atoms with E-state index in [1.807, 2.05) is 10.8 Å². The monoisotopic (exact) mass is 276 g/mol. The molecule has 0 aliphatic heterocycles. The molecule has 1 aromatic heterocycles. The van der Waals surface area contributed by atoms with Gasteiger partial charge in [-0.1, -0.05) is 0 Å². The van der Waals surface area contributed by atoms with Crippen LogP contribution in [0.2, 0.25) is 0 Å². The van der Waals surface area contributed by atoms with Gasteiger partial charge in [0.25, 0.3) is 0 Å². The highest BCUT2D eigenvalue weighted by molar-refractivity contribution is 5.49.